The van der Waals surface area contributed by atoms with E-state index in [-0.39, 0.29) is 0 Å². The summed E-state index contributed by atoms with van der Waals surface area (Å²) in [5, 5.41) is 4.67. The first kappa shape index (κ1) is 14.1. The predicted molar refractivity (Wildman–Crippen MR) is 88.4 cm³/mol. The molecule has 4 aliphatic carbocycles. The maximum absolute atomic E-state index is 6.09. The minimum absolute atomic E-state index is 0.591. The Hall–Kier alpha value is -0.530. The van der Waals surface area contributed by atoms with Gasteiger partial charge in [-0.3, -0.25) is 0 Å². The van der Waals surface area contributed by atoms with Crippen molar-refractivity contribution in [2.75, 3.05) is 0 Å². The molecule has 1 N–H and O–H groups in total. The molecule has 4 aliphatic rings. The van der Waals surface area contributed by atoms with Gasteiger partial charge in [0.15, 0.2) is 0 Å². The van der Waals surface area contributed by atoms with Crippen LogP contribution in [0.3, 0.4) is 0 Å². The van der Waals surface area contributed by atoms with Crippen molar-refractivity contribution in [2.24, 2.45) is 23.2 Å². The van der Waals surface area contributed by atoms with Crippen LogP contribution in [0.25, 0.3) is 0 Å². The first-order chi connectivity index (χ1) is 10.1. The Labute approximate surface area is 133 Å². The van der Waals surface area contributed by atoms with Gasteiger partial charge in [-0.05, 0) is 86.3 Å². The van der Waals surface area contributed by atoms with Gasteiger partial charge in [0.25, 0.3) is 0 Å². The molecule has 0 aliphatic heterocycles. The number of rotatable bonds is 4. The molecule has 0 saturated heterocycles. The Morgan fingerprint density at radius 1 is 1.14 bits per heavy atom. The van der Waals surface area contributed by atoms with Crippen LogP contribution < -0.4 is 5.32 Å². The molecule has 5 rings (SSSR count). The van der Waals surface area contributed by atoms with E-state index in [1.165, 1.54) is 44.1 Å². The summed E-state index contributed by atoms with van der Waals surface area (Å²) in [6.07, 6.45) is 9.01. The summed E-state index contributed by atoms with van der Waals surface area (Å²) in [6.45, 7) is 3.38. The van der Waals surface area contributed by atoms with E-state index in [1.54, 1.807) is 0 Å². The van der Waals surface area contributed by atoms with Crippen molar-refractivity contribution >= 4 is 11.6 Å². The topological polar surface area (TPSA) is 12.0 Å². The molecule has 114 valence electrons. The maximum atomic E-state index is 6.09. The predicted octanol–water partition coefficient (Wildman–Crippen LogP) is 5.03. The van der Waals surface area contributed by atoms with Gasteiger partial charge in [-0.25, -0.2) is 0 Å². The number of benzene rings is 1. The summed E-state index contributed by atoms with van der Waals surface area (Å²) >= 11 is 6.09. The van der Waals surface area contributed by atoms with Gasteiger partial charge in [0.2, 0.25) is 0 Å². The molecule has 21 heavy (non-hydrogen) atoms. The second-order valence-electron chi connectivity index (χ2n) is 8.01. The third-order valence-corrected chi connectivity index (χ3v) is 6.74. The summed E-state index contributed by atoms with van der Waals surface area (Å²) in [4.78, 5) is 0. The number of hydrogen-bond donors (Lipinski definition) is 1. The van der Waals surface area contributed by atoms with Crippen molar-refractivity contribution in [3.05, 3.63) is 34.9 Å². The summed E-state index contributed by atoms with van der Waals surface area (Å²) in [6, 6.07) is 8.89. The Balaban J connectivity index is 1.44. The molecule has 2 heteroatoms. The smallest absolute Gasteiger partial charge is 0.0409 e. The van der Waals surface area contributed by atoms with E-state index in [0.717, 1.165) is 29.3 Å². The van der Waals surface area contributed by atoms with Crippen molar-refractivity contribution in [3.8, 4) is 0 Å². The summed E-state index contributed by atoms with van der Waals surface area (Å²) in [7, 11) is 0. The highest BCUT2D eigenvalue weighted by atomic mass is 35.5. The van der Waals surface area contributed by atoms with E-state index in [9.17, 15) is 0 Å². The highest BCUT2D eigenvalue weighted by molar-refractivity contribution is 6.30. The van der Waals surface area contributed by atoms with Crippen molar-refractivity contribution in [1.82, 2.24) is 5.32 Å². The fourth-order valence-electron chi connectivity index (χ4n) is 5.84. The molecule has 0 unspecified atom stereocenters. The average molecular weight is 304 g/mol. The quantitative estimate of drug-likeness (QED) is 0.822. The van der Waals surface area contributed by atoms with Crippen LogP contribution in [0.5, 0.6) is 0 Å². The Morgan fingerprint density at radius 2 is 1.76 bits per heavy atom. The number of hydrogen-bond acceptors (Lipinski definition) is 1. The van der Waals surface area contributed by atoms with Gasteiger partial charge in [0.05, 0.1) is 0 Å². The van der Waals surface area contributed by atoms with Crippen LogP contribution >= 0.6 is 11.6 Å². The molecule has 4 bridgehead atoms. The highest BCUT2D eigenvalue weighted by Gasteiger charge is 2.52. The van der Waals surface area contributed by atoms with Crippen LogP contribution in [0.1, 0.15) is 51.0 Å². The van der Waals surface area contributed by atoms with E-state index in [4.69, 9.17) is 11.6 Å². The highest BCUT2D eigenvalue weighted by Crippen LogP contribution is 2.61. The molecule has 1 nitrogen and oxygen atoms in total. The minimum Gasteiger partial charge on any atom is -0.310 e. The third-order valence-electron chi connectivity index (χ3n) is 6.51. The molecule has 1 atom stereocenters. The lowest BCUT2D eigenvalue weighted by atomic mass is 9.48. The minimum atomic E-state index is 0.591. The van der Waals surface area contributed by atoms with E-state index in [0.29, 0.717) is 11.5 Å². The molecule has 0 amide bonds. The maximum Gasteiger partial charge on any atom is 0.0409 e. The van der Waals surface area contributed by atoms with Gasteiger partial charge in [0.1, 0.15) is 0 Å². The normalized spacial score (nSPS) is 38.7. The van der Waals surface area contributed by atoms with Crippen LogP contribution in [0.15, 0.2) is 24.3 Å². The second-order valence-corrected chi connectivity index (χ2v) is 8.45. The molecule has 1 aromatic rings. The molecular formula is C19H26ClN. The Morgan fingerprint density at radius 3 is 2.33 bits per heavy atom. The van der Waals surface area contributed by atoms with Crippen molar-refractivity contribution in [3.63, 3.8) is 0 Å². The lowest BCUT2D eigenvalue weighted by Gasteiger charge is -2.59. The van der Waals surface area contributed by atoms with E-state index in [1.807, 2.05) is 6.07 Å². The first-order valence-corrected chi connectivity index (χ1v) is 8.99. The second kappa shape index (κ2) is 5.28. The lowest BCUT2D eigenvalue weighted by molar-refractivity contribution is -0.0706. The van der Waals surface area contributed by atoms with Crippen LogP contribution in [-0.2, 0) is 6.54 Å². The largest absolute Gasteiger partial charge is 0.310 e. The van der Waals surface area contributed by atoms with E-state index >= 15 is 0 Å². The van der Waals surface area contributed by atoms with Crippen LogP contribution in [0.2, 0.25) is 5.02 Å². The van der Waals surface area contributed by atoms with Crippen molar-refractivity contribution in [2.45, 2.75) is 58.0 Å². The lowest BCUT2D eigenvalue weighted by Crippen LogP contribution is -2.54. The SMILES string of the molecule is C[C@@H](NCc1cccc(Cl)c1)C12CC3CC(CC(C3)C1)C2. The molecule has 0 heterocycles. The molecule has 4 saturated carbocycles. The zero-order valence-electron chi connectivity index (χ0n) is 12.9. The average Bonchev–Trinajstić information content (AvgIpc) is 2.43. The fraction of sp³-hybridized carbons (Fsp3) is 0.684. The molecule has 0 spiro atoms. The fourth-order valence-corrected chi connectivity index (χ4v) is 6.06. The molecule has 4 fully saturated rings. The molecular weight excluding hydrogens is 278 g/mol. The van der Waals surface area contributed by atoms with E-state index < -0.39 is 0 Å². The molecule has 0 radical (unpaired) electrons. The number of halogens is 1. The Bertz CT molecular complexity index is 489. The third kappa shape index (κ3) is 2.64. The Kier molecular flexibility index (Phi) is 3.54. The first-order valence-electron chi connectivity index (χ1n) is 8.61. The van der Waals surface area contributed by atoms with Gasteiger partial charge in [-0.1, -0.05) is 23.7 Å². The van der Waals surface area contributed by atoms with Gasteiger partial charge in [0, 0.05) is 17.6 Å². The monoisotopic (exact) mass is 303 g/mol. The van der Waals surface area contributed by atoms with E-state index in [2.05, 4.69) is 30.4 Å². The van der Waals surface area contributed by atoms with Gasteiger partial charge >= 0.3 is 0 Å². The van der Waals surface area contributed by atoms with Crippen LogP contribution in [-0.4, -0.2) is 6.04 Å². The summed E-state index contributed by atoms with van der Waals surface area (Å²) < 4.78 is 0. The molecule has 1 aromatic carbocycles. The summed E-state index contributed by atoms with van der Waals surface area (Å²) in [5.41, 5.74) is 1.90. The summed E-state index contributed by atoms with van der Waals surface area (Å²) in [5.74, 6) is 3.10. The van der Waals surface area contributed by atoms with Gasteiger partial charge in [-0.15, -0.1) is 0 Å². The van der Waals surface area contributed by atoms with Gasteiger partial charge < -0.3 is 5.32 Å². The zero-order chi connectivity index (χ0) is 14.4. The van der Waals surface area contributed by atoms with Gasteiger partial charge in [-0.2, -0.15) is 0 Å². The van der Waals surface area contributed by atoms with Crippen molar-refractivity contribution in [1.29, 1.82) is 0 Å². The van der Waals surface area contributed by atoms with Crippen molar-refractivity contribution < 1.29 is 0 Å². The van der Waals surface area contributed by atoms with Crippen LogP contribution in [0.4, 0.5) is 0 Å². The standard InChI is InChI=1S/C19H26ClN/c1-13(21-12-14-3-2-4-18(20)8-14)19-9-15-5-16(10-19)7-17(6-15)11-19/h2-4,8,13,15-17,21H,5-7,9-12H2,1H3/t13-,15?,16?,17?,19?/m1/s1. The molecule has 0 aromatic heterocycles. The van der Waals surface area contributed by atoms with Crippen LogP contribution in [0, 0.1) is 23.2 Å². The number of nitrogens with one attached hydrogen (secondary N) is 1. The zero-order valence-corrected chi connectivity index (χ0v) is 13.7.